The normalized spacial score (nSPS) is 15.0. The maximum Gasteiger partial charge on any atom is 0.356 e. The molecule has 0 atom stereocenters. The van der Waals surface area contributed by atoms with Crippen molar-refractivity contribution in [3.05, 3.63) is 23.5 Å². The second kappa shape index (κ2) is 5.48. The minimum absolute atomic E-state index is 0.0963. The summed E-state index contributed by atoms with van der Waals surface area (Å²) < 4.78 is 0. The summed E-state index contributed by atoms with van der Waals surface area (Å²) in [6.45, 7) is 0. The summed E-state index contributed by atoms with van der Waals surface area (Å²) >= 11 is 0. The maximum absolute atomic E-state index is 11.8. The van der Waals surface area contributed by atoms with Crippen molar-refractivity contribution in [2.24, 2.45) is 0 Å². The van der Waals surface area contributed by atoms with E-state index in [0.29, 0.717) is 6.42 Å². The number of aromatic carboxylic acids is 1. The lowest BCUT2D eigenvalue weighted by Crippen LogP contribution is -2.15. The van der Waals surface area contributed by atoms with E-state index in [4.69, 9.17) is 5.11 Å². The number of amides is 1. The zero-order valence-corrected chi connectivity index (χ0v) is 9.90. The molecular formula is C12H15N3O3. The third kappa shape index (κ3) is 2.97. The highest BCUT2D eigenvalue weighted by atomic mass is 16.4. The second-order valence-electron chi connectivity index (χ2n) is 4.30. The number of carbonyl (C=O) groups excluding carboxylic acids is 1. The highest BCUT2D eigenvalue weighted by Crippen LogP contribution is 2.21. The molecule has 96 valence electrons. The fourth-order valence-electron chi connectivity index (χ4n) is 2.01. The van der Waals surface area contributed by atoms with Gasteiger partial charge in [-0.25, -0.2) is 4.79 Å². The molecule has 0 spiro atoms. The SMILES string of the molecule is O=C(CC1=CCCCC1)Nc1cn[nH]c1C(=O)O. The van der Waals surface area contributed by atoms with Crippen molar-refractivity contribution in [2.45, 2.75) is 32.1 Å². The average molecular weight is 249 g/mol. The Hall–Kier alpha value is -2.11. The van der Waals surface area contributed by atoms with Crippen LogP contribution in [0.25, 0.3) is 0 Å². The van der Waals surface area contributed by atoms with E-state index in [9.17, 15) is 9.59 Å². The van der Waals surface area contributed by atoms with Gasteiger partial charge in [-0.1, -0.05) is 11.6 Å². The Morgan fingerprint density at radius 3 is 2.94 bits per heavy atom. The molecule has 0 unspecified atom stereocenters. The number of carboxylic acids is 1. The molecule has 18 heavy (non-hydrogen) atoms. The van der Waals surface area contributed by atoms with E-state index in [2.05, 4.69) is 21.6 Å². The number of aromatic nitrogens is 2. The molecule has 0 radical (unpaired) electrons. The average Bonchev–Trinajstić information content (AvgIpc) is 2.78. The third-order valence-electron chi connectivity index (χ3n) is 2.90. The van der Waals surface area contributed by atoms with Gasteiger partial charge in [0.2, 0.25) is 5.91 Å². The van der Waals surface area contributed by atoms with Crippen molar-refractivity contribution in [3.63, 3.8) is 0 Å². The Morgan fingerprint density at radius 2 is 2.28 bits per heavy atom. The number of carbonyl (C=O) groups is 2. The van der Waals surface area contributed by atoms with Crippen LogP contribution in [-0.4, -0.2) is 27.2 Å². The predicted molar refractivity (Wildman–Crippen MR) is 65.3 cm³/mol. The number of H-pyrrole nitrogens is 1. The smallest absolute Gasteiger partial charge is 0.356 e. The summed E-state index contributed by atoms with van der Waals surface area (Å²) in [6.07, 6.45) is 7.98. The summed E-state index contributed by atoms with van der Waals surface area (Å²) in [5.74, 6) is -1.34. The first-order valence-electron chi connectivity index (χ1n) is 5.91. The van der Waals surface area contributed by atoms with Crippen molar-refractivity contribution in [1.29, 1.82) is 0 Å². The van der Waals surface area contributed by atoms with E-state index in [1.807, 2.05) is 0 Å². The summed E-state index contributed by atoms with van der Waals surface area (Å²) in [7, 11) is 0. The molecule has 0 saturated carbocycles. The van der Waals surface area contributed by atoms with E-state index in [-0.39, 0.29) is 17.3 Å². The molecule has 1 heterocycles. The molecule has 1 aliphatic carbocycles. The lowest BCUT2D eigenvalue weighted by atomic mass is 9.97. The molecule has 3 N–H and O–H groups in total. The highest BCUT2D eigenvalue weighted by Gasteiger charge is 2.15. The molecule has 1 aromatic rings. The number of rotatable bonds is 4. The van der Waals surface area contributed by atoms with Crippen molar-refractivity contribution in [1.82, 2.24) is 10.2 Å². The largest absolute Gasteiger partial charge is 0.476 e. The van der Waals surface area contributed by atoms with Gasteiger partial charge in [0.15, 0.2) is 5.69 Å². The zero-order valence-electron chi connectivity index (χ0n) is 9.90. The van der Waals surface area contributed by atoms with Gasteiger partial charge in [-0.2, -0.15) is 5.10 Å². The highest BCUT2D eigenvalue weighted by molar-refractivity contribution is 5.99. The van der Waals surface area contributed by atoms with Crippen LogP contribution in [0.5, 0.6) is 0 Å². The molecule has 2 rings (SSSR count). The van der Waals surface area contributed by atoms with Crippen molar-refractivity contribution in [3.8, 4) is 0 Å². The molecular weight excluding hydrogens is 234 g/mol. The van der Waals surface area contributed by atoms with E-state index in [0.717, 1.165) is 24.8 Å². The number of nitrogens with zero attached hydrogens (tertiary/aromatic N) is 1. The van der Waals surface area contributed by atoms with Gasteiger partial charge in [0.05, 0.1) is 11.9 Å². The molecule has 0 aliphatic heterocycles. The number of nitrogens with one attached hydrogen (secondary N) is 2. The zero-order chi connectivity index (χ0) is 13.0. The lowest BCUT2D eigenvalue weighted by Gasteiger charge is -2.12. The van der Waals surface area contributed by atoms with Gasteiger partial charge in [-0.05, 0) is 25.7 Å². The molecule has 1 amide bonds. The Labute approximate surface area is 104 Å². The van der Waals surface area contributed by atoms with Crippen molar-refractivity contribution in [2.75, 3.05) is 5.32 Å². The summed E-state index contributed by atoms with van der Waals surface area (Å²) in [4.78, 5) is 22.6. The second-order valence-corrected chi connectivity index (χ2v) is 4.30. The fraction of sp³-hybridized carbons (Fsp3) is 0.417. The van der Waals surface area contributed by atoms with Crippen molar-refractivity contribution >= 4 is 17.6 Å². The number of allylic oxidation sites excluding steroid dienone is 1. The first-order valence-corrected chi connectivity index (χ1v) is 5.91. The number of hydrogen-bond acceptors (Lipinski definition) is 3. The van der Waals surface area contributed by atoms with Gasteiger partial charge in [0, 0.05) is 6.42 Å². The molecule has 0 fully saturated rings. The van der Waals surface area contributed by atoms with Crippen LogP contribution in [0, 0.1) is 0 Å². The molecule has 0 aromatic carbocycles. The molecule has 1 aromatic heterocycles. The van der Waals surface area contributed by atoms with Crippen LogP contribution in [0.15, 0.2) is 17.8 Å². The fourth-order valence-corrected chi connectivity index (χ4v) is 2.01. The maximum atomic E-state index is 11.8. The molecule has 0 saturated heterocycles. The Kier molecular flexibility index (Phi) is 3.76. The molecule has 6 nitrogen and oxygen atoms in total. The van der Waals surface area contributed by atoms with Crippen LogP contribution < -0.4 is 5.32 Å². The predicted octanol–water partition coefficient (Wildman–Crippen LogP) is 1.94. The summed E-state index contributed by atoms with van der Waals surface area (Å²) in [6, 6.07) is 0. The Balaban J connectivity index is 1.96. The number of aromatic amines is 1. The minimum Gasteiger partial charge on any atom is -0.476 e. The van der Waals surface area contributed by atoms with E-state index in [1.165, 1.54) is 12.6 Å². The lowest BCUT2D eigenvalue weighted by molar-refractivity contribution is -0.115. The van der Waals surface area contributed by atoms with E-state index >= 15 is 0 Å². The molecule has 0 bridgehead atoms. The number of carboxylic acid groups (broad SMARTS) is 1. The Morgan fingerprint density at radius 1 is 1.44 bits per heavy atom. The molecule has 6 heteroatoms. The summed E-state index contributed by atoms with van der Waals surface area (Å²) in [5, 5.41) is 17.4. The van der Waals surface area contributed by atoms with Crippen LogP contribution in [0.2, 0.25) is 0 Å². The first-order chi connectivity index (χ1) is 8.66. The number of hydrogen-bond donors (Lipinski definition) is 3. The summed E-state index contributed by atoms with van der Waals surface area (Å²) in [5.41, 5.74) is 1.24. The van der Waals surface area contributed by atoms with Gasteiger partial charge in [-0.3, -0.25) is 9.89 Å². The van der Waals surface area contributed by atoms with Gasteiger partial charge in [-0.15, -0.1) is 0 Å². The van der Waals surface area contributed by atoms with Gasteiger partial charge in [0.25, 0.3) is 0 Å². The van der Waals surface area contributed by atoms with E-state index in [1.54, 1.807) is 0 Å². The minimum atomic E-state index is -1.14. The first kappa shape index (κ1) is 12.3. The van der Waals surface area contributed by atoms with Gasteiger partial charge in [0.1, 0.15) is 0 Å². The van der Waals surface area contributed by atoms with E-state index < -0.39 is 5.97 Å². The Bertz CT molecular complexity index is 491. The van der Waals surface area contributed by atoms with Crippen LogP contribution in [0.4, 0.5) is 5.69 Å². The van der Waals surface area contributed by atoms with Crippen molar-refractivity contribution < 1.29 is 14.7 Å². The topological polar surface area (TPSA) is 95.1 Å². The van der Waals surface area contributed by atoms with Crippen LogP contribution in [-0.2, 0) is 4.79 Å². The van der Waals surface area contributed by atoms with Gasteiger partial charge < -0.3 is 10.4 Å². The molecule has 1 aliphatic rings. The van der Waals surface area contributed by atoms with Gasteiger partial charge >= 0.3 is 5.97 Å². The standard InChI is InChI=1S/C12H15N3O3/c16-10(6-8-4-2-1-3-5-8)14-9-7-13-15-11(9)12(17)18/h4,7H,1-3,5-6H2,(H,13,15)(H,14,16)(H,17,18). The van der Waals surface area contributed by atoms with Crippen LogP contribution >= 0.6 is 0 Å². The monoisotopic (exact) mass is 249 g/mol. The van der Waals surface area contributed by atoms with Crippen LogP contribution in [0.3, 0.4) is 0 Å². The third-order valence-corrected chi connectivity index (χ3v) is 2.90. The van der Waals surface area contributed by atoms with Crippen LogP contribution in [0.1, 0.15) is 42.6 Å². The number of anilines is 1. The quantitative estimate of drug-likeness (QED) is 0.710.